The minimum absolute atomic E-state index is 0.00394. The number of hydrogen-bond acceptors (Lipinski definition) is 4. The van der Waals surface area contributed by atoms with Gasteiger partial charge < -0.3 is 9.73 Å². The molecule has 0 amide bonds. The van der Waals surface area contributed by atoms with E-state index in [1.54, 1.807) is 6.07 Å². The first-order valence-electron chi connectivity index (χ1n) is 6.29. The molecule has 0 spiro atoms. The Bertz CT molecular complexity index is 489. The van der Waals surface area contributed by atoms with Gasteiger partial charge in [0.05, 0.1) is 6.54 Å². The summed E-state index contributed by atoms with van der Waals surface area (Å²) < 4.78 is 31.6. The largest absolute Gasteiger partial charge is 0.447 e. The van der Waals surface area contributed by atoms with Crippen molar-refractivity contribution in [2.75, 3.05) is 6.54 Å². The lowest BCUT2D eigenvalue weighted by molar-refractivity contribution is 0.398. The monoisotopic (exact) mass is 272 g/mol. The third-order valence-electron chi connectivity index (χ3n) is 2.73. The molecule has 1 aliphatic rings. The van der Waals surface area contributed by atoms with Gasteiger partial charge in [0.25, 0.3) is 10.0 Å². The normalized spacial score (nSPS) is 16.4. The molecule has 5 nitrogen and oxygen atoms in total. The third kappa shape index (κ3) is 3.83. The van der Waals surface area contributed by atoms with Crippen LogP contribution in [0.5, 0.6) is 0 Å². The van der Waals surface area contributed by atoms with Gasteiger partial charge in [0.2, 0.25) is 5.09 Å². The summed E-state index contributed by atoms with van der Waals surface area (Å²) in [5, 5.41) is 3.27. The molecule has 1 aliphatic carbocycles. The van der Waals surface area contributed by atoms with Gasteiger partial charge in [-0.15, -0.1) is 0 Å². The Labute approximate surface area is 108 Å². The van der Waals surface area contributed by atoms with Crippen LogP contribution in [0.4, 0.5) is 0 Å². The van der Waals surface area contributed by atoms with Crippen molar-refractivity contribution in [1.29, 1.82) is 0 Å². The molecule has 0 unspecified atom stereocenters. The maximum Gasteiger partial charge on any atom is 0.273 e. The van der Waals surface area contributed by atoms with E-state index in [2.05, 4.69) is 10.0 Å². The van der Waals surface area contributed by atoms with Gasteiger partial charge in [-0.25, -0.2) is 13.1 Å². The second kappa shape index (κ2) is 5.42. The molecule has 1 aromatic rings. The lowest BCUT2D eigenvalue weighted by atomic mass is 10.2. The fraction of sp³-hybridized carbons (Fsp3) is 0.667. The Hall–Kier alpha value is -0.850. The summed E-state index contributed by atoms with van der Waals surface area (Å²) in [6, 6.07) is 3.79. The fourth-order valence-electron chi connectivity index (χ4n) is 1.48. The van der Waals surface area contributed by atoms with Crippen molar-refractivity contribution in [3.8, 4) is 0 Å². The number of furan rings is 1. The molecule has 1 heterocycles. The zero-order valence-electron chi connectivity index (χ0n) is 10.8. The predicted molar refractivity (Wildman–Crippen MR) is 68.6 cm³/mol. The second-order valence-electron chi connectivity index (χ2n) is 5.12. The molecule has 1 saturated carbocycles. The van der Waals surface area contributed by atoms with Crippen molar-refractivity contribution >= 4 is 10.0 Å². The molecule has 1 aromatic heterocycles. The molecule has 18 heavy (non-hydrogen) atoms. The van der Waals surface area contributed by atoms with E-state index in [-0.39, 0.29) is 11.0 Å². The lowest BCUT2D eigenvalue weighted by Crippen LogP contribution is -2.27. The SMILES string of the molecule is CC(C)CNS(=O)(=O)c1ccc(CNC2CC2)o1. The molecular formula is C12H20N2O3S. The van der Waals surface area contributed by atoms with Crippen molar-refractivity contribution in [3.63, 3.8) is 0 Å². The molecule has 102 valence electrons. The highest BCUT2D eigenvalue weighted by Crippen LogP contribution is 2.20. The Kier molecular flexibility index (Phi) is 4.09. The second-order valence-corrected chi connectivity index (χ2v) is 6.82. The molecule has 0 bridgehead atoms. The third-order valence-corrected chi connectivity index (χ3v) is 4.02. The fourth-order valence-corrected chi connectivity index (χ4v) is 2.64. The van der Waals surface area contributed by atoms with Crippen LogP contribution in [0.25, 0.3) is 0 Å². The standard InChI is InChI=1S/C12H20N2O3S/c1-9(2)7-14-18(15,16)12-6-5-11(17-12)8-13-10-3-4-10/h5-6,9-10,13-14H,3-4,7-8H2,1-2H3. The van der Waals surface area contributed by atoms with E-state index in [0.717, 1.165) is 0 Å². The summed E-state index contributed by atoms with van der Waals surface area (Å²) in [6.07, 6.45) is 2.39. The van der Waals surface area contributed by atoms with Gasteiger partial charge in [-0.3, -0.25) is 0 Å². The molecule has 0 atom stereocenters. The summed E-state index contributed by atoms with van der Waals surface area (Å²) in [5.41, 5.74) is 0. The van der Waals surface area contributed by atoms with Crippen LogP contribution >= 0.6 is 0 Å². The van der Waals surface area contributed by atoms with Crippen molar-refractivity contribution in [1.82, 2.24) is 10.0 Å². The number of rotatable bonds is 7. The zero-order valence-corrected chi connectivity index (χ0v) is 11.6. The number of sulfonamides is 1. The van der Waals surface area contributed by atoms with Crippen molar-refractivity contribution < 1.29 is 12.8 Å². The predicted octanol–water partition coefficient (Wildman–Crippen LogP) is 1.47. The minimum Gasteiger partial charge on any atom is -0.447 e. The number of hydrogen-bond donors (Lipinski definition) is 2. The maximum atomic E-state index is 11.9. The Morgan fingerprint density at radius 2 is 2.11 bits per heavy atom. The molecule has 1 fully saturated rings. The number of nitrogens with one attached hydrogen (secondary N) is 2. The summed E-state index contributed by atoms with van der Waals surface area (Å²) in [4.78, 5) is 0. The van der Waals surface area contributed by atoms with E-state index in [1.165, 1.54) is 18.9 Å². The van der Waals surface area contributed by atoms with Crippen molar-refractivity contribution in [2.45, 2.75) is 44.4 Å². The van der Waals surface area contributed by atoms with E-state index in [4.69, 9.17) is 4.42 Å². The van der Waals surface area contributed by atoms with Crippen LogP contribution < -0.4 is 10.0 Å². The summed E-state index contributed by atoms with van der Waals surface area (Å²) in [5.74, 6) is 0.928. The molecule has 0 aromatic carbocycles. The van der Waals surface area contributed by atoms with Gasteiger partial charge in [0.1, 0.15) is 5.76 Å². The zero-order chi connectivity index (χ0) is 13.2. The van der Waals surface area contributed by atoms with Crippen LogP contribution in [0.1, 0.15) is 32.4 Å². The molecule has 0 aliphatic heterocycles. The highest BCUT2D eigenvalue weighted by molar-refractivity contribution is 7.89. The van der Waals surface area contributed by atoms with E-state index < -0.39 is 10.0 Å². The van der Waals surface area contributed by atoms with Gasteiger partial charge in [0.15, 0.2) is 0 Å². The van der Waals surface area contributed by atoms with Gasteiger partial charge in [0, 0.05) is 12.6 Å². The average Bonchev–Trinajstić information content (AvgIpc) is 3.00. The van der Waals surface area contributed by atoms with E-state index in [0.29, 0.717) is 24.9 Å². The topological polar surface area (TPSA) is 71.3 Å². The highest BCUT2D eigenvalue weighted by Gasteiger charge is 2.22. The first kappa shape index (κ1) is 13.6. The van der Waals surface area contributed by atoms with Crippen LogP contribution in [0.3, 0.4) is 0 Å². The Morgan fingerprint density at radius 1 is 1.39 bits per heavy atom. The lowest BCUT2D eigenvalue weighted by Gasteiger charge is -2.06. The Morgan fingerprint density at radius 3 is 2.72 bits per heavy atom. The van der Waals surface area contributed by atoms with Gasteiger partial charge >= 0.3 is 0 Å². The average molecular weight is 272 g/mol. The van der Waals surface area contributed by atoms with Crippen LogP contribution in [-0.4, -0.2) is 21.0 Å². The van der Waals surface area contributed by atoms with Gasteiger partial charge in [-0.2, -0.15) is 0 Å². The first-order valence-corrected chi connectivity index (χ1v) is 7.77. The van der Waals surface area contributed by atoms with Crippen LogP contribution in [0, 0.1) is 5.92 Å². The van der Waals surface area contributed by atoms with E-state index >= 15 is 0 Å². The highest BCUT2D eigenvalue weighted by atomic mass is 32.2. The van der Waals surface area contributed by atoms with Gasteiger partial charge in [-0.1, -0.05) is 13.8 Å². The molecule has 6 heteroatoms. The molecular weight excluding hydrogens is 252 g/mol. The molecule has 2 rings (SSSR count). The van der Waals surface area contributed by atoms with E-state index in [9.17, 15) is 8.42 Å². The Balaban J connectivity index is 1.94. The van der Waals surface area contributed by atoms with Gasteiger partial charge in [-0.05, 0) is 30.9 Å². The molecule has 0 saturated heterocycles. The van der Waals surface area contributed by atoms with Crippen molar-refractivity contribution in [2.24, 2.45) is 5.92 Å². The quantitative estimate of drug-likeness (QED) is 0.788. The van der Waals surface area contributed by atoms with Crippen molar-refractivity contribution in [3.05, 3.63) is 17.9 Å². The van der Waals surface area contributed by atoms with Crippen LogP contribution in [0.2, 0.25) is 0 Å². The summed E-state index contributed by atoms with van der Waals surface area (Å²) in [7, 11) is -3.50. The smallest absolute Gasteiger partial charge is 0.273 e. The van der Waals surface area contributed by atoms with Crippen LogP contribution in [0.15, 0.2) is 21.6 Å². The van der Waals surface area contributed by atoms with Crippen LogP contribution in [-0.2, 0) is 16.6 Å². The summed E-state index contributed by atoms with van der Waals surface area (Å²) in [6.45, 7) is 4.91. The first-order chi connectivity index (χ1) is 8.47. The van der Waals surface area contributed by atoms with E-state index in [1.807, 2.05) is 13.8 Å². The maximum absolute atomic E-state index is 11.9. The minimum atomic E-state index is -3.50. The molecule has 2 N–H and O–H groups in total. The summed E-state index contributed by atoms with van der Waals surface area (Å²) >= 11 is 0. The molecule has 0 radical (unpaired) electrons.